The number of carboxylic acids is 1. The minimum atomic E-state index is -0.762. The van der Waals surface area contributed by atoms with Crippen LogP contribution in [0.2, 0.25) is 0 Å². The maximum Gasteiger partial charge on any atom is 0.306 e. The summed E-state index contributed by atoms with van der Waals surface area (Å²) in [5, 5.41) is 8.79. The van der Waals surface area contributed by atoms with Gasteiger partial charge in [-0.05, 0) is 19.3 Å². The van der Waals surface area contributed by atoms with Crippen LogP contribution in [0.1, 0.15) is 26.2 Å². The Balaban J connectivity index is 2.43. The van der Waals surface area contributed by atoms with Gasteiger partial charge in [-0.1, -0.05) is 6.92 Å². The molecule has 0 aromatic rings. The molecule has 1 saturated heterocycles. The molecule has 0 radical (unpaired) electrons. The van der Waals surface area contributed by atoms with E-state index in [9.17, 15) is 9.59 Å². The lowest BCUT2D eigenvalue weighted by Crippen LogP contribution is -2.47. The van der Waals surface area contributed by atoms with E-state index in [1.807, 2.05) is 6.92 Å². The summed E-state index contributed by atoms with van der Waals surface area (Å²) < 4.78 is 0. The Morgan fingerprint density at radius 3 is 2.40 bits per heavy atom. The van der Waals surface area contributed by atoms with Gasteiger partial charge in [-0.25, -0.2) is 0 Å². The summed E-state index contributed by atoms with van der Waals surface area (Å²) in [4.78, 5) is 24.0. The quantitative estimate of drug-likeness (QED) is 0.695. The lowest BCUT2D eigenvalue weighted by atomic mass is 9.96. The van der Waals surface area contributed by atoms with Crippen molar-refractivity contribution in [3.05, 3.63) is 0 Å². The van der Waals surface area contributed by atoms with Crippen LogP contribution in [-0.4, -0.2) is 41.0 Å². The Bertz CT molecular complexity index is 247. The molecule has 1 heterocycles. The molecule has 1 amide bonds. The summed E-state index contributed by atoms with van der Waals surface area (Å²) in [5.74, 6) is -1.12. The lowest BCUT2D eigenvalue weighted by Gasteiger charge is -2.31. The van der Waals surface area contributed by atoms with Gasteiger partial charge in [0.25, 0.3) is 0 Å². The molecule has 3 N–H and O–H groups in total. The molecule has 15 heavy (non-hydrogen) atoms. The van der Waals surface area contributed by atoms with Crippen molar-refractivity contribution in [1.82, 2.24) is 4.90 Å². The van der Waals surface area contributed by atoms with Crippen molar-refractivity contribution in [2.45, 2.75) is 32.2 Å². The van der Waals surface area contributed by atoms with Gasteiger partial charge in [0.1, 0.15) is 0 Å². The van der Waals surface area contributed by atoms with Crippen LogP contribution in [0.4, 0.5) is 0 Å². The summed E-state index contributed by atoms with van der Waals surface area (Å²) in [7, 11) is 0. The SMILES string of the molecule is CCC(N)C(=O)N1CCC(C(=O)O)CC1. The van der Waals surface area contributed by atoms with Crippen molar-refractivity contribution in [1.29, 1.82) is 0 Å². The van der Waals surface area contributed by atoms with E-state index in [2.05, 4.69) is 0 Å². The number of hydrogen-bond acceptors (Lipinski definition) is 3. The van der Waals surface area contributed by atoms with Gasteiger partial charge in [-0.15, -0.1) is 0 Å². The van der Waals surface area contributed by atoms with Crippen molar-refractivity contribution in [2.24, 2.45) is 11.7 Å². The smallest absolute Gasteiger partial charge is 0.306 e. The van der Waals surface area contributed by atoms with Crippen molar-refractivity contribution in [2.75, 3.05) is 13.1 Å². The molecule has 86 valence electrons. The van der Waals surface area contributed by atoms with Gasteiger partial charge >= 0.3 is 5.97 Å². The van der Waals surface area contributed by atoms with Crippen molar-refractivity contribution < 1.29 is 14.7 Å². The zero-order valence-electron chi connectivity index (χ0n) is 8.98. The molecule has 5 nitrogen and oxygen atoms in total. The Labute approximate surface area is 89.2 Å². The van der Waals surface area contributed by atoms with Crippen LogP contribution in [0.15, 0.2) is 0 Å². The maximum atomic E-state index is 11.7. The summed E-state index contributed by atoms with van der Waals surface area (Å²) in [5.41, 5.74) is 5.63. The van der Waals surface area contributed by atoms with E-state index in [1.54, 1.807) is 4.90 Å². The number of aliphatic carboxylic acids is 1. The van der Waals surface area contributed by atoms with E-state index >= 15 is 0 Å². The average molecular weight is 214 g/mol. The fourth-order valence-electron chi connectivity index (χ4n) is 1.76. The van der Waals surface area contributed by atoms with Crippen LogP contribution in [-0.2, 0) is 9.59 Å². The molecule has 5 heteroatoms. The minimum absolute atomic E-state index is 0.0543. The Morgan fingerprint density at radius 2 is 2.00 bits per heavy atom. The van der Waals surface area contributed by atoms with Crippen molar-refractivity contribution in [3.8, 4) is 0 Å². The Kier molecular flexibility index (Phi) is 4.08. The third-order valence-electron chi connectivity index (χ3n) is 2.91. The summed E-state index contributed by atoms with van der Waals surface area (Å²) in [6.45, 7) is 2.90. The molecule has 0 saturated carbocycles. The average Bonchev–Trinajstić information content (AvgIpc) is 2.27. The number of carbonyl (C=O) groups is 2. The molecule has 1 aliphatic rings. The van der Waals surface area contributed by atoms with Gasteiger partial charge in [-0.2, -0.15) is 0 Å². The Morgan fingerprint density at radius 1 is 1.47 bits per heavy atom. The second-order valence-corrected chi connectivity index (χ2v) is 3.95. The normalized spacial score (nSPS) is 20.0. The lowest BCUT2D eigenvalue weighted by molar-refractivity contribution is -0.146. The number of nitrogens with zero attached hydrogens (tertiary/aromatic N) is 1. The number of carbonyl (C=O) groups excluding carboxylic acids is 1. The second-order valence-electron chi connectivity index (χ2n) is 3.95. The largest absolute Gasteiger partial charge is 0.481 e. The number of rotatable bonds is 3. The minimum Gasteiger partial charge on any atom is -0.481 e. The van der Waals surface area contributed by atoms with E-state index < -0.39 is 12.0 Å². The molecule has 1 unspecified atom stereocenters. The first kappa shape index (κ1) is 12.0. The van der Waals surface area contributed by atoms with E-state index in [-0.39, 0.29) is 11.8 Å². The molecule has 0 spiro atoms. The molecule has 0 aromatic heterocycles. The first-order chi connectivity index (χ1) is 7.06. The van der Waals surface area contributed by atoms with Gasteiger partial charge < -0.3 is 15.7 Å². The van der Waals surface area contributed by atoms with E-state index in [4.69, 9.17) is 10.8 Å². The highest BCUT2D eigenvalue weighted by atomic mass is 16.4. The molecule has 0 aliphatic carbocycles. The van der Waals surface area contributed by atoms with Crippen molar-refractivity contribution >= 4 is 11.9 Å². The van der Waals surface area contributed by atoms with Gasteiger partial charge in [0.05, 0.1) is 12.0 Å². The van der Waals surface area contributed by atoms with Crippen LogP contribution < -0.4 is 5.73 Å². The highest BCUT2D eigenvalue weighted by molar-refractivity contribution is 5.82. The predicted molar refractivity (Wildman–Crippen MR) is 55.2 cm³/mol. The van der Waals surface area contributed by atoms with E-state index in [0.29, 0.717) is 32.4 Å². The fourth-order valence-corrected chi connectivity index (χ4v) is 1.76. The molecule has 1 aliphatic heterocycles. The first-order valence-electron chi connectivity index (χ1n) is 5.33. The zero-order chi connectivity index (χ0) is 11.4. The molecule has 1 atom stereocenters. The topological polar surface area (TPSA) is 83.6 Å². The second kappa shape index (κ2) is 5.11. The maximum absolute atomic E-state index is 11.7. The summed E-state index contributed by atoms with van der Waals surface area (Å²) in [6.07, 6.45) is 1.70. The molecular formula is C10H18N2O3. The highest BCUT2D eigenvalue weighted by Crippen LogP contribution is 2.17. The molecular weight excluding hydrogens is 196 g/mol. The monoisotopic (exact) mass is 214 g/mol. The third-order valence-corrected chi connectivity index (χ3v) is 2.91. The first-order valence-corrected chi connectivity index (χ1v) is 5.33. The number of amides is 1. The molecule has 1 rings (SSSR count). The van der Waals surface area contributed by atoms with Gasteiger partial charge in [0.15, 0.2) is 0 Å². The Hall–Kier alpha value is -1.10. The fraction of sp³-hybridized carbons (Fsp3) is 0.800. The van der Waals surface area contributed by atoms with Crippen LogP contribution in [0, 0.1) is 5.92 Å². The van der Waals surface area contributed by atoms with Crippen molar-refractivity contribution in [3.63, 3.8) is 0 Å². The van der Waals surface area contributed by atoms with Gasteiger partial charge in [0, 0.05) is 13.1 Å². The zero-order valence-corrected chi connectivity index (χ0v) is 8.98. The molecule has 0 aromatic carbocycles. The number of hydrogen-bond donors (Lipinski definition) is 2. The van der Waals surface area contributed by atoms with E-state index in [0.717, 1.165) is 0 Å². The van der Waals surface area contributed by atoms with Gasteiger partial charge in [-0.3, -0.25) is 9.59 Å². The highest BCUT2D eigenvalue weighted by Gasteiger charge is 2.28. The molecule has 1 fully saturated rings. The number of carboxylic acid groups (broad SMARTS) is 1. The van der Waals surface area contributed by atoms with Crippen LogP contribution in [0.3, 0.4) is 0 Å². The van der Waals surface area contributed by atoms with Crippen LogP contribution in [0.5, 0.6) is 0 Å². The van der Waals surface area contributed by atoms with Crippen LogP contribution in [0.25, 0.3) is 0 Å². The number of nitrogens with two attached hydrogens (primary N) is 1. The third kappa shape index (κ3) is 2.92. The van der Waals surface area contributed by atoms with E-state index in [1.165, 1.54) is 0 Å². The molecule has 0 bridgehead atoms. The number of likely N-dealkylation sites (tertiary alicyclic amines) is 1. The van der Waals surface area contributed by atoms with Crippen LogP contribution >= 0.6 is 0 Å². The summed E-state index contributed by atoms with van der Waals surface area (Å²) in [6, 6.07) is -0.439. The summed E-state index contributed by atoms with van der Waals surface area (Å²) >= 11 is 0. The standard InChI is InChI=1S/C10H18N2O3/c1-2-8(11)9(13)12-5-3-7(4-6-12)10(14)15/h7-8H,2-6,11H2,1H3,(H,14,15). The van der Waals surface area contributed by atoms with Gasteiger partial charge in [0.2, 0.25) is 5.91 Å². The number of piperidine rings is 1. The predicted octanol–water partition coefficient (Wildman–Crippen LogP) is 0.0469.